The van der Waals surface area contributed by atoms with E-state index in [0.717, 1.165) is 0 Å². The van der Waals surface area contributed by atoms with Gasteiger partial charge in [-0.05, 0) is 27.7 Å². The van der Waals surface area contributed by atoms with Gasteiger partial charge in [0.2, 0.25) is 0 Å². The van der Waals surface area contributed by atoms with Crippen molar-refractivity contribution in [3.05, 3.63) is 0 Å². The average Bonchev–Trinajstić information content (AvgIpc) is 3.09. The summed E-state index contributed by atoms with van der Waals surface area (Å²) in [6.45, 7) is 9.85. The van der Waals surface area contributed by atoms with E-state index < -0.39 is 17.9 Å². The SMILES string of the molecule is CC1(C)OCC([C@H]2O[C@@H]3OC(C)(C)O[C@H]3C2OCCOCCN)O1. The van der Waals surface area contributed by atoms with Gasteiger partial charge >= 0.3 is 0 Å². The Bertz CT molecular complexity index is 431. The summed E-state index contributed by atoms with van der Waals surface area (Å²) >= 11 is 0. The third-order valence-electron chi connectivity index (χ3n) is 4.22. The summed E-state index contributed by atoms with van der Waals surface area (Å²) < 4.78 is 40.8. The van der Waals surface area contributed by atoms with Crippen LogP contribution in [0.2, 0.25) is 0 Å². The zero-order valence-electron chi connectivity index (χ0n) is 14.9. The Labute approximate surface area is 142 Å². The molecule has 0 bridgehead atoms. The van der Waals surface area contributed by atoms with Gasteiger partial charge in [-0.1, -0.05) is 0 Å². The predicted molar refractivity (Wildman–Crippen MR) is 83.2 cm³/mol. The summed E-state index contributed by atoms with van der Waals surface area (Å²) in [7, 11) is 0. The number of fused-ring (bicyclic) bond motifs is 1. The number of hydrogen-bond donors (Lipinski definition) is 1. The number of nitrogens with two attached hydrogens (primary N) is 1. The topological polar surface area (TPSA) is 90.6 Å². The van der Waals surface area contributed by atoms with Crippen LogP contribution in [-0.2, 0) is 33.2 Å². The molecule has 3 aliphatic heterocycles. The van der Waals surface area contributed by atoms with Crippen LogP contribution in [0, 0.1) is 0 Å². The van der Waals surface area contributed by atoms with Crippen molar-refractivity contribution < 1.29 is 33.2 Å². The first kappa shape index (κ1) is 18.5. The van der Waals surface area contributed by atoms with Gasteiger partial charge < -0.3 is 38.9 Å². The summed E-state index contributed by atoms with van der Waals surface area (Å²) in [4.78, 5) is 0. The van der Waals surface area contributed by atoms with E-state index in [4.69, 9.17) is 38.9 Å². The Morgan fingerprint density at radius 3 is 2.42 bits per heavy atom. The Kier molecular flexibility index (Phi) is 5.48. The molecule has 0 aliphatic carbocycles. The Morgan fingerprint density at radius 1 is 0.958 bits per heavy atom. The van der Waals surface area contributed by atoms with Gasteiger partial charge in [0.25, 0.3) is 0 Å². The highest BCUT2D eigenvalue weighted by molar-refractivity contribution is 4.98. The van der Waals surface area contributed by atoms with E-state index in [1.165, 1.54) is 0 Å². The molecule has 0 amide bonds. The fraction of sp³-hybridized carbons (Fsp3) is 1.00. The summed E-state index contributed by atoms with van der Waals surface area (Å²) in [5.41, 5.74) is 5.41. The van der Waals surface area contributed by atoms with Gasteiger partial charge in [0, 0.05) is 6.54 Å². The second kappa shape index (κ2) is 7.13. The fourth-order valence-corrected chi connectivity index (χ4v) is 3.30. The molecule has 3 fully saturated rings. The highest BCUT2D eigenvalue weighted by Crippen LogP contribution is 2.41. The van der Waals surface area contributed by atoms with E-state index >= 15 is 0 Å². The lowest BCUT2D eigenvalue weighted by Gasteiger charge is -2.29. The molecule has 8 heteroatoms. The van der Waals surface area contributed by atoms with Crippen LogP contribution in [0.1, 0.15) is 27.7 Å². The fourth-order valence-electron chi connectivity index (χ4n) is 3.30. The van der Waals surface area contributed by atoms with Crippen molar-refractivity contribution in [3.8, 4) is 0 Å². The van der Waals surface area contributed by atoms with E-state index in [9.17, 15) is 0 Å². The minimum absolute atomic E-state index is 0.226. The average molecular weight is 347 g/mol. The van der Waals surface area contributed by atoms with Crippen LogP contribution in [0.25, 0.3) is 0 Å². The first-order valence-corrected chi connectivity index (χ1v) is 8.54. The molecule has 0 aromatic rings. The lowest BCUT2D eigenvalue weighted by Crippen LogP contribution is -2.44. The third-order valence-corrected chi connectivity index (χ3v) is 4.22. The van der Waals surface area contributed by atoms with Crippen molar-refractivity contribution in [2.45, 2.75) is 70.0 Å². The normalized spacial score (nSPS) is 40.1. The monoisotopic (exact) mass is 347 g/mol. The van der Waals surface area contributed by atoms with Crippen molar-refractivity contribution >= 4 is 0 Å². The summed E-state index contributed by atoms with van der Waals surface area (Å²) in [6, 6.07) is 0. The Morgan fingerprint density at radius 2 is 1.75 bits per heavy atom. The summed E-state index contributed by atoms with van der Waals surface area (Å²) in [5.74, 6) is -1.31. The van der Waals surface area contributed by atoms with Crippen LogP contribution in [0.5, 0.6) is 0 Å². The zero-order chi connectivity index (χ0) is 17.4. The second-order valence-corrected chi connectivity index (χ2v) is 7.17. The molecule has 3 heterocycles. The molecule has 3 aliphatic rings. The highest BCUT2D eigenvalue weighted by atomic mass is 16.8. The molecule has 0 aromatic carbocycles. The van der Waals surface area contributed by atoms with Crippen LogP contribution < -0.4 is 5.73 Å². The van der Waals surface area contributed by atoms with E-state index in [-0.39, 0.29) is 24.4 Å². The molecule has 8 nitrogen and oxygen atoms in total. The summed E-state index contributed by atoms with van der Waals surface area (Å²) in [5, 5.41) is 0. The minimum Gasteiger partial charge on any atom is -0.378 e. The molecule has 140 valence electrons. The maximum absolute atomic E-state index is 6.05. The number of rotatable bonds is 7. The predicted octanol–water partition coefficient (Wildman–Crippen LogP) is 0.375. The summed E-state index contributed by atoms with van der Waals surface area (Å²) in [6.07, 6.45) is -1.61. The molecule has 3 rings (SSSR count). The molecule has 0 radical (unpaired) electrons. The van der Waals surface area contributed by atoms with Gasteiger partial charge in [-0.2, -0.15) is 0 Å². The van der Waals surface area contributed by atoms with Gasteiger partial charge in [-0.3, -0.25) is 0 Å². The van der Waals surface area contributed by atoms with Crippen LogP contribution in [0.15, 0.2) is 0 Å². The lowest BCUT2D eigenvalue weighted by molar-refractivity contribution is -0.236. The van der Waals surface area contributed by atoms with Crippen molar-refractivity contribution in [2.75, 3.05) is 33.0 Å². The quantitative estimate of drug-likeness (QED) is 0.661. The van der Waals surface area contributed by atoms with Gasteiger partial charge in [0.05, 0.1) is 26.4 Å². The first-order valence-electron chi connectivity index (χ1n) is 8.54. The van der Waals surface area contributed by atoms with Crippen molar-refractivity contribution in [3.63, 3.8) is 0 Å². The maximum Gasteiger partial charge on any atom is 0.190 e. The van der Waals surface area contributed by atoms with Crippen molar-refractivity contribution in [2.24, 2.45) is 5.73 Å². The molecule has 3 saturated heterocycles. The Balaban J connectivity index is 1.62. The van der Waals surface area contributed by atoms with Gasteiger partial charge in [0.1, 0.15) is 24.4 Å². The van der Waals surface area contributed by atoms with Crippen molar-refractivity contribution in [1.29, 1.82) is 0 Å². The first-order chi connectivity index (χ1) is 11.3. The zero-order valence-corrected chi connectivity index (χ0v) is 14.9. The third kappa shape index (κ3) is 4.08. The minimum atomic E-state index is -0.690. The number of ether oxygens (including phenoxy) is 7. The van der Waals surface area contributed by atoms with Crippen LogP contribution >= 0.6 is 0 Å². The van der Waals surface area contributed by atoms with E-state index in [1.807, 2.05) is 27.7 Å². The largest absolute Gasteiger partial charge is 0.378 e. The van der Waals surface area contributed by atoms with E-state index in [0.29, 0.717) is 33.0 Å². The lowest BCUT2D eigenvalue weighted by atomic mass is 10.1. The van der Waals surface area contributed by atoms with E-state index in [2.05, 4.69) is 0 Å². The van der Waals surface area contributed by atoms with Crippen molar-refractivity contribution in [1.82, 2.24) is 0 Å². The molecule has 0 spiro atoms. The van der Waals surface area contributed by atoms with Gasteiger partial charge in [0.15, 0.2) is 17.9 Å². The van der Waals surface area contributed by atoms with Crippen LogP contribution in [0.3, 0.4) is 0 Å². The van der Waals surface area contributed by atoms with E-state index in [1.54, 1.807) is 0 Å². The van der Waals surface area contributed by atoms with Gasteiger partial charge in [-0.15, -0.1) is 0 Å². The maximum atomic E-state index is 6.05. The van der Waals surface area contributed by atoms with Crippen LogP contribution in [0.4, 0.5) is 0 Å². The molecule has 5 atom stereocenters. The van der Waals surface area contributed by atoms with Crippen LogP contribution in [-0.4, -0.2) is 75.3 Å². The standard InChI is InChI=1S/C16H29NO7/c1-15(2)20-9-10(22-15)11-12(19-8-7-18-6-5-17)13-14(21-11)24-16(3,4)23-13/h10-14H,5-9,17H2,1-4H3/t10?,11-,12?,13+,14-/m1/s1. The molecule has 0 aromatic heterocycles. The molecule has 24 heavy (non-hydrogen) atoms. The molecule has 2 N–H and O–H groups in total. The Hall–Kier alpha value is -0.320. The molecule has 0 saturated carbocycles. The smallest absolute Gasteiger partial charge is 0.190 e. The highest BCUT2D eigenvalue weighted by Gasteiger charge is 2.58. The second-order valence-electron chi connectivity index (χ2n) is 7.17. The number of hydrogen-bond acceptors (Lipinski definition) is 8. The molecular formula is C16H29NO7. The van der Waals surface area contributed by atoms with Gasteiger partial charge in [-0.25, -0.2) is 0 Å². The molecule has 2 unspecified atom stereocenters. The molecular weight excluding hydrogens is 318 g/mol.